The van der Waals surface area contributed by atoms with Crippen molar-refractivity contribution >= 4 is 23.3 Å². The highest BCUT2D eigenvalue weighted by Crippen LogP contribution is 2.31. The lowest BCUT2D eigenvalue weighted by Crippen LogP contribution is -2.08. The van der Waals surface area contributed by atoms with Gasteiger partial charge >= 0.3 is 5.97 Å². The second-order valence-electron chi connectivity index (χ2n) is 3.18. The number of carbonyl (C=O) groups excluding carboxylic acids is 1. The Bertz CT molecular complexity index is 393. The zero-order valence-electron chi connectivity index (χ0n) is 9.25. The number of anilines is 1. The Morgan fingerprint density at radius 3 is 2.75 bits per heavy atom. The summed E-state index contributed by atoms with van der Waals surface area (Å²) in [5.74, 6) is 0.164. The van der Waals surface area contributed by atoms with E-state index in [9.17, 15) is 4.79 Å². The molecule has 0 bridgehead atoms. The molecular weight excluding hydrogens is 230 g/mol. The van der Waals surface area contributed by atoms with Gasteiger partial charge in [-0.3, -0.25) is 4.79 Å². The van der Waals surface area contributed by atoms with Crippen molar-refractivity contribution in [1.29, 1.82) is 0 Å². The van der Waals surface area contributed by atoms with E-state index in [4.69, 9.17) is 26.8 Å². The fraction of sp³-hybridized carbons (Fsp3) is 0.364. The average molecular weight is 244 g/mol. The van der Waals surface area contributed by atoms with E-state index in [-0.39, 0.29) is 12.4 Å². The fourth-order valence-corrected chi connectivity index (χ4v) is 1.53. The first kappa shape index (κ1) is 12.6. The number of methoxy groups -OCH3 is 1. The zero-order chi connectivity index (χ0) is 12.1. The molecule has 0 heterocycles. The minimum absolute atomic E-state index is 0.157. The van der Waals surface area contributed by atoms with Crippen LogP contribution < -0.4 is 10.5 Å². The Hall–Kier alpha value is -1.42. The first-order chi connectivity index (χ1) is 7.58. The third-order valence-electron chi connectivity index (χ3n) is 2.03. The van der Waals surface area contributed by atoms with Crippen LogP contribution >= 0.6 is 11.6 Å². The Kier molecular flexibility index (Phi) is 4.43. The number of rotatable bonds is 4. The van der Waals surface area contributed by atoms with Crippen LogP contribution in [0, 0.1) is 0 Å². The Morgan fingerprint density at radius 2 is 2.19 bits per heavy atom. The molecular formula is C11H14ClNO3. The number of hydrogen-bond donors (Lipinski definition) is 1. The number of nitrogens with two attached hydrogens (primary N) is 1. The van der Waals surface area contributed by atoms with Crippen molar-refractivity contribution in [2.24, 2.45) is 0 Å². The molecule has 1 aromatic carbocycles. The van der Waals surface area contributed by atoms with E-state index < -0.39 is 0 Å². The minimum atomic E-state index is -0.301. The van der Waals surface area contributed by atoms with Gasteiger partial charge in [0.05, 0.1) is 30.8 Å². The number of benzene rings is 1. The number of halogens is 1. The molecule has 0 unspecified atom stereocenters. The maximum Gasteiger partial charge on any atom is 0.310 e. The highest BCUT2D eigenvalue weighted by atomic mass is 35.5. The van der Waals surface area contributed by atoms with Crippen LogP contribution in [0.2, 0.25) is 5.02 Å². The molecule has 0 saturated carbocycles. The lowest BCUT2D eigenvalue weighted by atomic mass is 10.1. The smallest absolute Gasteiger partial charge is 0.310 e. The van der Waals surface area contributed by atoms with Crippen molar-refractivity contribution in [3.05, 3.63) is 22.7 Å². The van der Waals surface area contributed by atoms with Crippen molar-refractivity contribution in [3.8, 4) is 5.75 Å². The predicted molar refractivity (Wildman–Crippen MR) is 62.8 cm³/mol. The van der Waals surface area contributed by atoms with Crippen molar-refractivity contribution in [2.75, 3.05) is 19.5 Å². The van der Waals surface area contributed by atoms with E-state index in [2.05, 4.69) is 0 Å². The lowest BCUT2D eigenvalue weighted by molar-refractivity contribution is -0.142. The van der Waals surface area contributed by atoms with Crippen LogP contribution in [-0.4, -0.2) is 19.7 Å². The fourth-order valence-electron chi connectivity index (χ4n) is 1.30. The highest BCUT2D eigenvalue weighted by Gasteiger charge is 2.10. The molecule has 16 heavy (non-hydrogen) atoms. The van der Waals surface area contributed by atoms with Crippen LogP contribution in [0.25, 0.3) is 0 Å². The van der Waals surface area contributed by atoms with Gasteiger partial charge in [0.15, 0.2) is 0 Å². The van der Waals surface area contributed by atoms with Crippen LogP contribution in [0.1, 0.15) is 12.5 Å². The predicted octanol–water partition coefficient (Wildman–Crippen LogP) is 2.04. The minimum Gasteiger partial charge on any atom is -0.495 e. The maximum absolute atomic E-state index is 11.3. The largest absolute Gasteiger partial charge is 0.495 e. The average Bonchev–Trinajstić information content (AvgIpc) is 2.23. The highest BCUT2D eigenvalue weighted by molar-refractivity contribution is 6.33. The Labute approximate surface area is 99.3 Å². The number of esters is 1. The van der Waals surface area contributed by atoms with E-state index in [1.807, 2.05) is 0 Å². The Balaban J connectivity index is 2.89. The molecule has 0 aliphatic rings. The van der Waals surface area contributed by atoms with E-state index >= 15 is 0 Å². The summed E-state index contributed by atoms with van der Waals surface area (Å²) in [5.41, 5.74) is 6.77. The maximum atomic E-state index is 11.3. The first-order valence-corrected chi connectivity index (χ1v) is 5.23. The van der Waals surface area contributed by atoms with E-state index in [1.165, 1.54) is 7.11 Å². The summed E-state index contributed by atoms with van der Waals surface area (Å²) in [4.78, 5) is 11.3. The van der Waals surface area contributed by atoms with E-state index in [0.29, 0.717) is 23.1 Å². The molecule has 0 saturated heterocycles. The number of ether oxygens (including phenoxy) is 2. The third kappa shape index (κ3) is 3.03. The van der Waals surface area contributed by atoms with Crippen molar-refractivity contribution in [1.82, 2.24) is 0 Å². The van der Waals surface area contributed by atoms with Gasteiger partial charge in [-0.1, -0.05) is 11.6 Å². The summed E-state index contributed by atoms with van der Waals surface area (Å²) in [6.07, 6.45) is 0.157. The van der Waals surface area contributed by atoms with Crippen LogP contribution in [0.3, 0.4) is 0 Å². The van der Waals surface area contributed by atoms with Gasteiger partial charge in [-0.15, -0.1) is 0 Å². The molecule has 0 aliphatic heterocycles. The molecule has 0 spiro atoms. The van der Waals surface area contributed by atoms with Crippen LogP contribution in [0.15, 0.2) is 12.1 Å². The molecule has 0 atom stereocenters. The van der Waals surface area contributed by atoms with Gasteiger partial charge in [-0.05, 0) is 24.6 Å². The molecule has 1 aromatic rings. The van der Waals surface area contributed by atoms with Crippen molar-refractivity contribution < 1.29 is 14.3 Å². The van der Waals surface area contributed by atoms with Crippen LogP contribution in [0.4, 0.5) is 5.69 Å². The molecule has 0 aromatic heterocycles. The molecule has 0 radical (unpaired) electrons. The van der Waals surface area contributed by atoms with Gasteiger partial charge in [-0.25, -0.2) is 0 Å². The van der Waals surface area contributed by atoms with Crippen molar-refractivity contribution in [2.45, 2.75) is 13.3 Å². The van der Waals surface area contributed by atoms with Crippen LogP contribution in [-0.2, 0) is 16.0 Å². The summed E-state index contributed by atoms with van der Waals surface area (Å²) in [5, 5.41) is 0.374. The third-order valence-corrected chi connectivity index (χ3v) is 2.34. The van der Waals surface area contributed by atoms with Gasteiger partial charge in [0.2, 0.25) is 0 Å². The summed E-state index contributed by atoms with van der Waals surface area (Å²) < 4.78 is 9.88. The monoisotopic (exact) mass is 243 g/mol. The summed E-state index contributed by atoms with van der Waals surface area (Å²) in [6.45, 7) is 2.12. The van der Waals surface area contributed by atoms with Gasteiger partial charge < -0.3 is 15.2 Å². The summed E-state index contributed by atoms with van der Waals surface area (Å²) >= 11 is 5.90. The standard InChI is InChI=1S/C11H14ClNO3/c1-3-16-10(14)6-7-4-8(12)11(13)9(5-7)15-2/h4-5H,3,6,13H2,1-2H3. The summed E-state index contributed by atoms with van der Waals surface area (Å²) in [7, 11) is 1.50. The van der Waals surface area contributed by atoms with Gasteiger partial charge in [0.25, 0.3) is 0 Å². The molecule has 0 aliphatic carbocycles. The number of hydrogen-bond acceptors (Lipinski definition) is 4. The Morgan fingerprint density at radius 1 is 1.50 bits per heavy atom. The molecule has 5 heteroatoms. The lowest BCUT2D eigenvalue weighted by Gasteiger charge is -2.09. The van der Waals surface area contributed by atoms with Crippen molar-refractivity contribution in [3.63, 3.8) is 0 Å². The van der Waals surface area contributed by atoms with Crippen LogP contribution in [0.5, 0.6) is 5.75 Å². The van der Waals surface area contributed by atoms with E-state index in [0.717, 1.165) is 5.56 Å². The molecule has 0 fully saturated rings. The normalized spacial score (nSPS) is 9.94. The number of carbonyl (C=O) groups is 1. The van der Waals surface area contributed by atoms with Gasteiger partial charge in [0, 0.05) is 0 Å². The molecule has 0 amide bonds. The first-order valence-electron chi connectivity index (χ1n) is 4.86. The SMILES string of the molecule is CCOC(=O)Cc1cc(Cl)c(N)c(OC)c1. The molecule has 88 valence electrons. The topological polar surface area (TPSA) is 61.5 Å². The second kappa shape index (κ2) is 5.61. The quantitative estimate of drug-likeness (QED) is 0.649. The summed E-state index contributed by atoms with van der Waals surface area (Å²) in [6, 6.07) is 3.31. The molecule has 1 rings (SSSR count). The molecule has 4 nitrogen and oxygen atoms in total. The number of nitrogen functional groups attached to an aromatic ring is 1. The second-order valence-corrected chi connectivity index (χ2v) is 3.58. The zero-order valence-corrected chi connectivity index (χ0v) is 10.0. The van der Waals surface area contributed by atoms with E-state index in [1.54, 1.807) is 19.1 Å². The van der Waals surface area contributed by atoms with Gasteiger partial charge in [0.1, 0.15) is 5.75 Å². The molecule has 2 N–H and O–H groups in total. The van der Waals surface area contributed by atoms with Gasteiger partial charge in [-0.2, -0.15) is 0 Å².